The number of hydrogen-bond acceptors (Lipinski definition) is 2. The Labute approximate surface area is 194 Å². The smallest absolute Gasteiger partial charge is 0.143 e. The van der Waals surface area contributed by atoms with Gasteiger partial charge in [-0.15, -0.1) is 0 Å². The molecule has 33 heavy (non-hydrogen) atoms. The third-order valence-electron chi connectivity index (χ3n) is 6.34. The molecule has 0 aliphatic heterocycles. The van der Waals surface area contributed by atoms with E-state index in [4.69, 9.17) is 20.4 Å². The van der Waals surface area contributed by atoms with Gasteiger partial charge in [0.25, 0.3) is 0 Å². The van der Waals surface area contributed by atoms with E-state index in [9.17, 15) is 0 Å². The summed E-state index contributed by atoms with van der Waals surface area (Å²) in [6.07, 6.45) is 0. The highest BCUT2D eigenvalue weighted by Crippen LogP contribution is 2.43. The molecule has 0 fully saturated rings. The molecule has 0 radical (unpaired) electrons. The molecular weight excluding hydrogens is 428 g/mol. The summed E-state index contributed by atoms with van der Waals surface area (Å²) in [6, 6.07) is 35.0. The fourth-order valence-corrected chi connectivity index (χ4v) is 5.05. The van der Waals surface area contributed by atoms with Crippen molar-refractivity contribution >= 4 is 55.5 Å². The van der Waals surface area contributed by atoms with Crippen molar-refractivity contribution in [1.29, 1.82) is 0 Å². The predicted octanol–water partition coefficient (Wildman–Crippen LogP) is 9.47. The summed E-state index contributed by atoms with van der Waals surface area (Å²) in [6.45, 7) is 0. The zero-order valence-corrected chi connectivity index (χ0v) is 18.3. The minimum absolute atomic E-state index is 0.678. The van der Waals surface area contributed by atoms with E-state index < -0.39 is 0 Å². The van der Waals surface area contributed by atoms with E-state index in [1.807, 2.05) is 48.5 Å². The van der Waals surface area contributed by atoms with Crippen molar-refractivity contribution in [2.45, 2.75) is 0 Å². The van der Waals surface area contributed by atoms with Gasteiger partial charge in [-0.25, -0.2) is 0 Å². The highest BCUT2D eigenvalue weighted by Gasteiger charge is 2.19. The first-order valence-electron chi connectivity index (χ1n) is 10.9. The topological polar surface area (TPSA) is 26.3 Å². The maximum atomic E-state index is 6.64. The van der Waals surface area contributed by atoms with Gasteiger partial charge in [-0.1, -0.05) is 84.4 Å². The highest BCUT2D eigenvalue weighted by molar-refractivity contribution is 6.34. The Morgan fingerprint density at radius 3 is 1.94 bits per heavy atom. The van der Waals surface area contributed by atoms with Crippen molar-refractivity contribution in [3.63, 3.8) is 0 Å². The van der Waals surface area contributed by atoms with Gasteiger partial charge in [0, 0.05) is 32.1 Å². The van der Waals surface area contributed by atoms with Crippen LogP contribution in [0.1, 0.15) is 0 Å². The quantitative estimate of drug-likeness (QED) is 0.265. The van der Waals surface area contributed by atoms with Crippen LogP contribution in [0.2, 0.25) is 5.02 Å². The average Bonchev–Trinajstić information content (AvgIpc) is 3.42. The van der Waals surface area contributed by atoms with Crippen molar-refractivity contribution < 1.29 is 8.83 Å². The first-order valence-corrected chi connectivity index (χ1v) is 11.3. The lowest BCUT2D eigenvalue weighted by Crippen LogP contribution is -1.82. The van der Waals surface area contributed by atoms with Gasteiger partial charge >= 0.3 is 0 Å². The lowest BCUT2D eigenvalue weighted by Gasteiger charge is -2.06. The van der Waals surface area contributed by atoms with Gasteiger partial charge in [0.1, 0.15) is 22.3 Å². The van der Waals surface area contributed by atoms with Crippen LogP contribution in [0.4, 0.5) is 0 Å². The number of para-hydroxylation sites is 1. The first-order chi connectivity index (χ1) is 16.3. The summed E-state index contributed by atoms with van der Waals surface area (Å²) in [7, 11) is 0. The van der Waals surface area contributed by atoms with Gasteiger partial charge in [-0.2, -0.15) is 0 Å². The fourth-order valence-electron chi connectivity index (χ4n) is 4.84. The van der Waals surface area contributed by atoms with Crippen LogP contribution < -0.4 is 0 Å². The van der Waals surface area contributed by atoms with Crippen LogP contribution in [0.3, 0.4) is 0 Å². The number of furan rings is 2. The number of fused-ring (bicyclic) bond motifs is 7. The van der Waals surface area contributed by atoms with Crippen LogP contribution in [-0.4, -0.2) is 0 Å². The molecule has 5 aromatic carbocycles. The summed E-state index contributed by atoms with van der Waals surface area (Å²) in [4.78, 5) is 0. The van der Waals surface area contributed by atoms with E-state index in [2.05, 4.69) is 54.6 Å². The molecule has 0 amide bonds. The Morgan fingerprint density at radius 1 is 0.485 bits per heavy atom. The van der Waals surface area contributed by atoms with E-state index in [0.29, 0.717) is 5.02 Å². The molecule has 0 unspecified atom stereocenters. The molecule has 0 saturated carbocycles. The van der Waals surface area contributed by atoms with Crippen LogP contribution in [0.25, 0.3) is 66.1 Å². The largest absolute Gasteiger partial charge is 0.456 e. The summed E-state index contributed by atoms with van der Waals surface area (Å²) >= 11 is 6.64. The Balaban J connectivity index is 1.50. The molecule has 2 heterocycles. The number of halogens is 1. The Bertz CT molecular complexity index is 1810. The zero-order valence-electron chi connectivity index (χ0n) is 17.5. The molecule has 0 saturated heterocycles. The van der Waals surface area contributed by atoms with Crippen LogP contribution in [0.15, 0.2) is 112 Å². The maximum absolute atomic E-state index is 6.64. The third kappa shape index (κ3) is 2.81. The highest BCUT2D eigenvalue weighted by atomic mass is 35.5. The molecule has 7 aromatic rings. The molecule has 0 aliphatic rings. The fraction of sp³-hybridized carbons (Fsp3) is 0. The van der Waals surface area contributed by atoms with Crippen LogP contribution in [0.5, 0.6) is 0 Å². The van der Waals surface area contributed by atoms with Crippen molar-refractivity contribution in [2.24, 2.45) is 0 Å². The van der Waals surface area contributed by atoms with E-state index >= 15 is 0 Å². The SMILES string of the molecule is Clc1cc(-c2ccc(-c3ccccc3)cc2)c2oc3ccc4oc5ccccc5c4c3c2c1. The van der Waals surface area contributed by atoms with Gasteiger partial charge in [0.05, 0.1) is 0 Å². The van der Waals surface area contributed by atoms with E-state index in [1.54, 1.807) is 0 Å². The summed E-state index contributed by atoms with van der Waals surface area (Å²) in [5, 5.41) is 4.86. The molecule has 0 aliphatic carbocycles. The monoisotopic (exact) mass is 444 g/mol. The molecule has 0 N–H and O–H groups in total. The van der Waals surface area contributed by atoms with Crippen molar-refractivity contribution in [3.05, 3.63) is 108 Å². The molecule has 0 bridgehead atoms. The van der Waals surface area contributed by atoms with Crippen molar-refractivity contribution in [3.8, 4) is 22.3 Å². The van der Waals surface area contributed by atoms with Crippen molar-refractivity contribution in [2.75, 3.05) is 0 Å². The zero-order chi connectivity index (χ0) is 21.9. The Morgan fingerprint density at radius 2 is 1.12 bits per heavy atom. The van der Waals surface area contributed by atoms with Crippen LogP contribution in [0, 0.1) is 0 Å². The molecule has 2 nitrogen and oxygen atoms in total. The van der Waals surface area contributed by atoms with E-state index in [0.717, 1.165) is 55.0 Å². The van der Waals surface area contributed by atoms with Gasteiger partial charge in [0.2, 0.25) is 0 Å². The number of benzene rings is 5. The minimum atomic E-state index is 0.678. The molecule has 0 atom stereocenters. The number of rotatable bonds is 2. The van der Waals surface area contributed by atoms with E-state index in [-0.39, 0.29) is 0 Å². The normalized spacial score (nSPS) is 11.8. The molecule has 156 valence electrons. The van der Waals surface area contributed by atoms with Gasteiger partial charge in [-0.05, 0) is 47.0 Å². The second kappa shape index (κ2) is 6.99. The first kappa shape index (κ1) is 18.6. The second-order valence-corrected chi connectivity index (χ2v) is 8.72. The lowest BCUT2D eigenvalue weighted by molar-refractivity contribution is 0.663. The van der Waals surface area contributed by atoms with Gasteiger partial charge in [-0.3, -0.25) is 0 Å². The predicted molar refractivity (Wildman–Crippen MR) is 137 cm³/mol. The molecule has 7 rings (SSSR count). The third-order valence-corrected chi connectivity index (χ3v) is 6.56. The van der Waals surface area contributed by atoms with Crippen molar-refractivity contribution in [1.82, 2.24) is 0 Å². The summed E-state index contributed by atoms with van der Waals surface area (Å²) < 4.78 is 12.5. The maximum Gasteiger partial charge on any atom is 0.143 e. The molecule has 0 spiro atoms. The number of hydrogen-bond donors (Lipinski definition) is 0. The van der Waals surface area contributed by atoms with E-state index in [1.165, 1.54) is 11.1 Å². The van der Waals surface area contributed by atoms with Crippen LogP contribution in [-0.2, 0) is 0 Å². The minimum Gasteiger partial charge on any atom is -0.456 e. The lowest BCUT2D eigenvalue weighted by atomic mass is 9.98. The molecule has 2 aromatic heterocycles. The summed E-state index contributed by atoms with van der Waals surface area (Å²) in [5.41, 5.74) is 7.79. The summed E-state index contributed by atoms with van der Waals surface area (Å²) in [5.74, 6) is 0. The second-order valence-electron chi connectivity index (χ2n) is 8.29. The van der Waals surface area contributed by atoms with Gasteiger partial charge < -0.3 is 8.83 Å². The van der Waals surface area contributed by atoms with Gasteiger partial charge in [0.15, 0.2) is 0 Å². The van der Waals surface area contributed by atoms with Crippen LogP contribution >= 0.6 is 11.6 Å². The molecular formula is C30H17ClO2. The Hall–Kier alpha value is -4.01. The molecule has 3 heteroatoms. The standard InChI is InChI=1S/C30H17ClO2/c31-21-16-23(20-12-10-19(11-13-20)18-6-2-1-3-7-18)30-24(17-21)29-27(33-30)15-14-26-28(29)22-8-4-5-9-25(22)32-26/h1-17H. The average molecular weight is 445 g/mol. The Kier molecular flexibility index (Phi) is 3.93.